The van der Waals surface area contributed by atoms with E-state index in [9.17, 15) is 14.7 Å². The van der Waals surface area contributed by atoms with Crippen molar-refractivity contribution >= 4 is 11.9 Å². The molecule has 2 aromatic rings. The normalized spacial score (nSPS) is 21.4. The zero-order chi connectivity index (χ0) is 24.8. The molecule has 1 saturated heterocycles. The van der Waals surface area contributed by atoms with Crippen molar-refractivity contribution in [2.45, 2.75) is 44.6 Å². The fraction of sp³-hybridized carbons (Fsp3) is 0.560. The maximum Gasteiger partial charge on any atom is 0.308 e. The van der Waals surface area contributed by atoms with Crippen LogP contribution < -0.4 is 15.2 Å². The summed E-state index contributed by atoms with van der Waals surface area (Å²) in [6, 6.07) is 5.22. The smallest absolute Gasteiger partial charge is 0.308 e. The van der Waals surface area contributed by atoms with Crippen LogP contribution in [0.1, 0.15) is 43.6 Å². The average molecular weight is 487 g/mol. The summed E-state index contributed by atoms with van der Waals surface area (Å²) in [6.45, 7) is 4.35. The molecule has 190 valence electrons. The number of nitrogens with zero attached hydrogens (tertiary/aromatic N) is 3. The molecule has 10 nitrogen and oxygen atoms in total. The summed E-state index contributed by atoms with van der Waals surface area (Å²) in [7, 11) is 0. The number of aliphatic carboxylic acids is 1. The maximum atomic E-state index is 13.3. The number of aryl methyl sites for hydroxylation is 1. The molecule has 2 aliphatic rings. The van der Waals surface area contributed by atoms with E-state index in [-0.39, 0.29) is 31.2 Å². The number of rotatable bonds is 12. The zero-order valence-electron chi connectivity index (χ0n) is 20.1. The van der Waals surface area contributed by atoms with E-state index < -0.39 is 11.9 Å². The minimum Gasteiger partial charge on any atom is -0.481 e. The molecule has 3 heterocycles. The molecule has 2 aliphatic heterocycles. The van der Waals surface area contributed by atoms with Crippen molar-refractivity contribution in [2.75, 3.05) is 39.5 Å². The molecule has 35 heavy (non-hydrogen) atoms. The van der Waals surface area contributed by atoms with Crippen molar-refractivity contribution in [3.8, 4) is 11.5 Å². The van der Waals surface area contributed by atoms with E-state index in [1.165, 1.54) is 6.26 Å². The summed E-state index contributed by atoms with van der Waals surface area (Å²) in [5.41, 5.74) is 6.62. The Labute approximate surface area is 205 Å². The second-order valence-electron chi connectivity index (χ2n) is 9.07. The van der Waals surface area contributed by atoms with Crippen molar-refractivity contribution in [1.29, 1.82) is 0 Å². The van der Waals surface area contributed by atoms with Crippen LogP contribution in [0, 0.1) is 5.92 Å². The van der Waals surface area contributed by atoms with Crippen LogP contribution in [-0.4, -0.2) is 77.3 Å². The molecular weight excluding hydrogens is 452 g/mol. The van der Waals surface area contributed by atoms with Gasteiger partial charge in [-0.1, -0.05) is 19.4 Å². The first-order chi connectivity index (χ1) is 17.0. The standard InChI is InChI=1S/C25H34N4O6/c1-2-3-10-28(11-8-26)23(30)15-29-14-18(17-4-6-20-21(13-17)35-16-34-20)24(25(31)32)19(29)5-7-22-27-9-12-33-22/h4,6,9,12-13,18-19,24H,2-3,5,7-8,10-11,14-16,26H2,1H3,(H,31,32)/t18-,19+,24?/m1/s1. The Morgan fingerprint density at radius 1 is 1.26 bits per heavy atom. The molecule has 0 spiro atoms. The Morgan fingerprint density at radius 3 is 2.80 bits per heavy atom. The quantitative estimate of drug-likeness (QED) is 0.463. The van der Waals surface area contributed by atoms with E-state index >= 15 is 0 Å². The fourth-order valence-corrected chi connectivity index (χ4v) is 5.12. The first-order valence-corrected chi connectivity index (χ1v) is 12.2. The lowest BCUT2D eigenvalue weighted by Crippen LogP contribution is -2.45. The van der Waals surface area contributed by atoms with Crippen LogP contribution in [-0.2, 0) is 16.0 Å². The van der Waals surface area contributed by atoms with Gasteiger partial charge in [0.05, 0.1) is 18.7 Å². The second-order valence-corrected chi connectivity index (χ2v) is 9.07. The highest BCUT2D eigenvalue weighted by Gasteiger charge is 2.47. The number of oxazole rings is 1. The SMILES string of the molecule is CCCCN(CCN)C(=O)CN1C[C@H](c2ccc3c(c2)OCO3)C(C(=O)O)[C@@H]1CCc1ncco1. The van der Waals surface area contributed by atoms with Gasteiger partial charge < -0.3 is 29.6 Å². The summed E-state index contributed by atoms with van der Waals surface area (Å²) < 4.78 is 16.3. The highest BCUT2D eigenvalue weighted by Crippen LogP contribution is 2.43. The summed E-state index contributed by atoms with van der Waals surface area (Å²) >= 11 is 0. The summed E-state index contributed by atoms with van der Waals surface area (Å²) in [5, 5.41) is 10.3. The number of hydrogen-bond donors (Lipinski definition) is 2. The summed E-state index contributed by atoms with van der Waals surface area (Å²) in [4.78, 5) is 33.8. The van der Waals surface area contributed by atoms with Gasteiger partial charge in [0.15, 0.2) is 17.4 Å². The molecule has 0 aliphatic carbocycles. The molecule has 3 atom stereocenters. The number of likely N-dealkylation sites (tertiary alicyclic amines) is 1. The third-order valence-electron chi connectivity index (χ3n) is 6.87. The molecule has 1 amide bonds. The molecule has 0 saturated carbocycles. The van der Waals surface area contributed by atoms with Crippen molar-refractivity contribution in [1.82, 2.24) is 14.8 Å². The fourth-order valence-electron chi connectivity index (χ4n) is 5.12. The van der Waals surface area contributed by atoms with Gasteiger partial charge in [-0.25, -0.2) is 4.98 Å². The molecule has 4 rings (SSSR count). The second kappa shape index (κ2) is 11.5. The van der Waals surface area contributed by atoms with Crippen LogP contribution in [0.5, 0.6) is 11.5 Å². The molecule has 10 heteroatoms. The Hall–Kier alpha value is -3.11. The number of carbonyl (C=O) groups is 2. The molecule has 1 fully saturated rings. The van der Waals surface area contributed by atoms with Gasteiger partial charge in [-0.3, -0.25) is 14.5 Å². The van der Waals surface area contributed by atoms with Gasteiger partial charge in [0.2, 0.25) is 12.7 Å². The van der Waals surface area contributed by atoms with Crippen molar-refractivity contribution in [3.05, 3.63) is 42.1 Å². The molecular formula is C25H34N4O6. The molecule has 1 unspecified atom stereocenters. The lowest BCUT2D eigenvalue weighted by molar-refractivity contribution is -0.143. The zero-order valence-corrected chi connectivity index (χ0v) is 20.1. The van der Waals surface area contributed by atoms with E-state index in [2.05, 4.69) is 11.9 Å². The number of carboxylic acids is 1. The number of aromatic nitrogens is 1. The van der Waals surface area contributed by atoms with E-state index in [1.807, 2.05) is 23.1 Å². The predicted octanol–water partition coefficient (Wildman–Crippen LogP) is 2.09. The lowest BCUT2D eigenvalue weighted by atomic mass is 9.83. The van der Waals surface area contributed by atoms with Crippen LogP contribution in [0.25, 0.3) is 0 Å². The van der Waals surface area contributed by atoms with Crippen LogP contribution in [0.4, 0.5) is 0 Å². The van der Waals surface area contributed by atoms with Gasteiger partial charge >= 0.3 is 5.97 Å². The molecule has 1 aromatic heterocycles. The van der Waals surface area contributed by atoms with Gasteiger partial charge in [0.1, 0.15) is 6.26 Å². The Morgan fingerprint density at radius 2 is 2.09 bits per heavy atom. The number of ether oxygens (including phenoxy) is 2. The van der Waals surface area contributed by atoms with Gasteiger partial charge in [-0.05, 0) is 30.5 Å². The summed E-state index contributed by atoms with van der Waals surface area (Å²) in [5.74, 6) is -0.0877. The van der Waals surface area contributed by atoms with Gasteiger partial charge in [0.25, 0.3) is 0 Å². The number of unbranched alkanes of at least 4 members (excludes halogenated alkanes) is 1. The van der Waals surface area contributed by atoms with Crippen molar-refractivity contribution in [2.24, 2.45) is 11.7 Å². The van der Waals surface area contributed by atoms with Crippen LogP contribution in [0.2, 0.25) is 0 Å². The lowest BCUT2D eigenvalue weighted by Gasteiger charge is -2.29. The highest BCUT2D eigenvalue weighted by atomic mass is 16.7. The maximum absolute atomic E-state index is 13.3. The Balaban J connectivity index is 1.58. The average Bonchev–Trinajstić information content (AvgIpc) is 3.59. The number of benzene rings is 1. The van der Waals surface area contributed by atoms with E-state index in [1.54, 1.807) is 11.1 Å². The van der Waals surface area contributed by atoms with Gasteiger partial charge in [-0.2, -0.15) is 0 Å². The number of hydrogen-bond acceptors (Lipinski definition) is 8. The number of nitrogens with two attached hydrogens (primary N) is 1. The van der Waals surface area contributed by atoms with Gasteiger partial charge in [0, 0.05) is 44.6 Å². The third kappa shape index (κ3) is 5.76. The predicted molar refractivity (Wildman–Crippen MR) is 127 cm³/mol. The number of fused-ring (bicyclic) bond motifs is 1. The Bertz CT molecular complexity index is 998. The molecule has 0 radical (unpaired) electrons. The Kier molecular flexibility index (Phi) is 8.25. The van der Waals surface area contributed by atoms with Crippen molar-refractivity contribution < 1.29 is 28.6 Å². The molecule has 0 bridgehead atoms. The summed E-state index contributed by atoms with van der Waals surface area (Å²) in [6.07, 6.45) is 5.96. The molecule has 3 N–H and O–H groups in total. The number of carbonyl (C=O) groups excluding carboxylic acids is 1. The number of amides is 1. The van der Waals surface area contributed by atoms with E-state index in [0.717, 1.165) is 18.4 Å². The highest BCUT2D eigenvalue weighted by molar-refractivity contribution is 5.79. The minimum atomic E-state index is -0.884. The van der Waals surface area contributed by atoms with Crippen LogP contribution in [0.3, 0.4) is 0 Å². The topological polar surface area (TPSA) is 131 Å². The van der Waals surface area contributed by atoms with Crippen LogP contribution >= 0.6 is 0 Å². The van der Waals surface area contributed by atoms with E-state index in [0.29, 0.717) is 56.4 Å². The minimum absolute atomic E-state index is 0.0273. The van der Waals surface area contributed by atoms with E-state index in [4.69, 9.17) is 19.6 Å². The van der Waals surface area contributed by atoms with Gasteiger partial charge in [-0.15, -0.1) is 0 Å². The third-order valence-corrected chi connectivity index (χ3v) is 6.87. The monoisotopic (exact) mass is 486 g/mol. The molecule has 1 aromatic carbocycles. The van der Waals surface area contributed by atoms with Crippen LogP contribution in [0.15, 0.2) is 35.1 Å². The largest absolute Gasteiger partial charge is 0.481 e. The first kappa shape index (κ1) is 25.0. The first-order valence-electron chi connectivity index (χ1n) is 12.2. The van der Waals surface area contributed by atoms with Crippen molar-refractivity contribution in [3.63, 3.8) is 0 Å². The number of carboxylic acid groups (broad SMARTS) is 1.